The number of H-pyrrole nitrogens is 1. The van der Waals surface area contributed by atoms with Crippen molar-refractivity contribution < 1.29 is 24.4 Å². The van der Waals surface area contributed by atoms with E-state index in [1.54, 1.807) is 6.92 Å². The molecule has 2 heterocycles. The van der Waals surface area contributed by atoms with Crippen LogP contribution in [0.15, 0.2) is 20.9 Å². The van der Waals surface area contributed by atoms with E-state index in [9.17, 15) is 19.8 Å². The van der Waals surface area contributed by atoms with Crippen molar-refractivity contribution in [2.45, 2.75) is 43.6 Å². The van der Waals surface area contributed by atoms with Gasteiger partial charge in [-0.1, -0.05) is 16.7 Å². The maximum absolute atomic E-state index is 12.2. The summed E-state index contributed by atoms with van der Waals surface area (Å²) in [4.78, 5) is 28.5. The highest BCUT2D eigenvalue weighted by atomic mass is 35.5. The van der Waals surface area contributed by atoms with Gasteiger partial charge in [0.1, 0.15) is 12.2 Å². The van der Waals surface area contributed by atoms with Crippen LogP contribution in [0.5, 0.6) is 0 Å². The number of aliphatic hydroxyl groups excluding tert-OH is 1. The third kappa shape index (κ3) is 4.33. The highest BCUT2D eigenvalue weighted by Gasteiger charge is 2.57. The molecule has 0 saturated carbocycles. The molecule has 0 spiro atoms. The molecule has 0 aliphatic carbocycles. The van der Waals surface area contributed by atoms with Crippen molar-refractivity contribution in [3.05, 3.63) is 43.0 Å². The summed E-state index contributed by atoms with van der Waals surface area (Å²) in [5.74, 6) is 0. The van der Waals surface area contributed by atoms with Crippen LogP contribution >= 0.6 is 11.6 Å². The van der Waals surface area contributed by atoms with Gasteiger partial charge in [-0.3, -0.25) is 14.3 Å². The Morgan fingerprint density at radius 1 is 1.59 bits per heavy atom. The van der Waals surface area contributed by atoms with Gasteiger partial charge in [0.2, 0.25) is 5.72 Å². The Bertz CT molecular complexity index is 823. The fourth-order valence-electron chi connectivity index (χ4n) is 2.70. The van der Waals surface area contributed by atoms with Crippen LogP contribution in [0.25, 0.3) is 10.4 Å². The van der Waals surface area contributed by atoms with Crippen LogP contribution in [0.2, 0.25) is 0 Å². The van der Waals surface area contributed by atoms with Gasteiger partial charge in [-0.25, -0.2) is 4.79 Å². The predicted molar refractivity (Wildman–Crippen MR) is 92.2 cm³/mol. The van der Waals surface area contributed by atoms with Crippen LogP contribution in [-0.2, 0) is 14.2 Å². The summed E-state index contributed by atoms with van der Waals surface area (Å²) >= 11 is 5.93. The molecule has 27 heavy (non-hydrogen) atoms. The van der Waals surface area contributed by atoms with Crippen LogP contribution in [0.4, 0.5) is 0 Å². The van der Waals surface area contributed by atoms with E-state index in [1.807, 2.05) is 0 Å². The molecule has 0 amide bonds. The number of hydrogen-bond acceptors (Lipinski definition) is 8. The Labute approximate surface area is 157 Å². The molecule has 150 valence electrons. The minimum Gasteiger partial charge on any atom is -0.394 e. The first-order valence-electron chi connectivity index (χ1n) is 8.02. The fourth-order valence-corrected chi connectivity index (χ4v) is 2.90. The van der Waals surface area contributed by atoms with Crippen LogP contribution in [0, 0.1) is 6.92 Å². The second-order valence-corrected chi connectivity index (χ2v) is 6.26. The third-order valence-corrected chi connectivity index (χ3v) is 4.25. The van der Waals surface area contributed by atoms with E-state index >= 15 is 0 Å². The largest absolute Gasteiger partial charge is 0.394 e. The molecule has 1 fully saturated rings. The SMILES string of the molecule is CCOC(Cl)CO[C@H]1[C@H](n2cc(C)c(=O)[nH]c2=O)O[C@H](CO)[C@]1(O)N=[N+]=[N-]. The van der Waals surface area contributed by atoms with Gasteiger partial charge in [0, 0.05) is 23.3 Å². The fraction of sp³-hybridized carbons (Fsp3) is 0.714. The molecule has 0 radical (unpaired) electrons. The van der Waals surface area contributed by atoms with Crippen molar-refractivity contribution in [2.75, 3.05) is 19.8 Å². The Kier molecular flexibility index (Phi) is 7.00. The quantitative estimate of drug-likeness (QED) is 0.231. The molecule has 5 atom stereocenters. The number of azide groups is 1. The van der Waals surface area contributed by atoms with E-state index < -0.39 is 47.6 Å². The molecule has 3 N–H and O–H groups in total. The van der Waals surface area contributed by atoms with Gasteiger partial charge in [-0.05, 0) is 19.4 Å². The summed E-state index contributed by atoms with van der Waals surface area (Å²) < 4.78 is 17.2. The van der Waals surface area contributed by atoms with Crippen LogP contribution < -0.4 is 11.2 Å². The minimum absolute atomic E-state index is 0.196. The lowest BCUT2D eigenvalue weighted by Gasteiger charge is -2.29. The number of aromatic amines is 1. The average molecular weight is 406 g/mol. The lowest BCUT2D eigenvalue weighted by molar-refractivity contribution is -0.121. The van der Waals surface area contributed by atoms with E-state index in [1.165, 1.54) is 13.1 Å². The Morgan fingerprint density at radius 3 is 2.89 bits per heavy atom. The summed E-state index contributed by atoms with van der Waals surface area (Å²) in [5.41, 5.74) is 4.37. The Morgan fingerprint density at radius 2 is 2.30 bits per heavy atom. The van der Waals surface area contributed by atoms with Crippen molar-refractivity contribution in [3.8, 4) is 0 Å². The highest BCUT2D eigenvalue weighted by molar-refractivity contribution is 6.19. The molecule has 2 rings (SSSR count). The van der Waals surface area contributed by atoms with Crippen molar-refractivity contribution in [3.63, 3.8) is 0 Å². The Balaban J connectivity index is 2.47. The number of hydrogen-bond donors (Lipinski definition) is 3. The normalized spacial score (nSPS) is 28.7. The molecule has 0 aromatic carbocycles. The van der Waals surface area contributed by atoms with E-state index in [4.69, 9.17) is 31.3 Å². The number of aryl methyl sites for hydroxylation is 1. The zero-order valence-corrected chi connectivity index (χ0v) is 15.4. The van der Waals surface area contributed by atoms with Gasteiger partial charge >= 0.3 is 5.69 Å². The molecule has 1 aromatic heterocycles. The van der Waals surface area contributed by atoms with Gasteiger partial charge in [-0.2, -0.15) is 0 Å². The van der Waals surface area contributed by atoms with Gasteiger partial charge in [0.25, 0.3) is 5.56 Å². The summed E-state index contributed by atoms with van der Waals surface area (Å²) in [7, 11) is 0. The summed E-state index contributed by atoms with van der Waals surface area (Å²) in [6.45, 7) is 2.53. The zero-order chi connectivity index (χ0) is 20.2. The molecule has 13 heteroatoms. The summed E-state index contributed by atoms with van der Waals surface area (Å²) in [6.07, 6.45) is -2.91. The maximum atomic E-state index is 12.2. The maximum Gasteiger partial charge on any atom is 0.330 e. The van der Waals surface area contributed by atoms with E-state index in [0.717, 1.165) is 4.57 Å². The smallest absolute Gasteiger partial charge is 0.330 e. The second-order valence-electron chi connectivity index (χ2n) is 5.77. The van der Waals surface area contributed by atoms with E-state index in [2.05, 4.69) is 15.0 Å². The summed E-state index contributed by atoms with van der Waals surface area (Å²) in [5, 5.41) is 23.6. The second kappa shape index (κ2) is 8.85. The van der Waals surface area contributed by atoms with Crippen LogP contribution in [0.3, 0.4) is 0 Å². The topological polar surface area (TPSA) is 172 Å². The number of ether oxygens (including phenoxy) is 3. The number of halogens is 1. The first-order valence-corrected chi connectivity index (χ1v) is 8.46. The minimum atomic E-state index is -2.33. The third-order valence-electron chi connectivity index (χ3n) is 4.00. The van der Waals surface area contributed by atoms with Gasteiger partial charge in [0.05, 0.1) is 13.2 Å². The number of nitrogens with zero attached hydrogens (tertiary/aromatic N) is 4. The molecule has 12 nitrogen and oxygen atoms in total. The number of alkyl halides is 1. The zero-order valence-electron chi connectivity index (χ0n) is 14.6. The molecule has 1 unspecified atom stereocenters. The Hall–Kier alpha value is -1.92. The van der Waals surface area contributed by atoms with Crippen molar-refractivity contribution in [1.29, 1.82) is 0 Å². The lowest BCUT2D eigenvalue weighted by atomic mass is 10.0. The number of aromatic nitrogens is 2. The molecular weight excluding hydrogens is 386 g/mol. The summed E-state index contributed by atoms with van der Waals surface area (Å²) in [6, 6.07) is 0. The van der Waals surface area contributed by atoms with Crippen LogP contribution in [0.1, 0.15) is 18.7 Å². The molecule has 1 saturated heterocycles. The molecule has 1 aromatic rings. The van der Waals surface area contributed by atoms with Gasteiger partial charge in [-0.15, -0.1) is 0 Å². The van der Waals surface area contributed by atoms with Crippen molar-refractivity contribution in [2.24, 2.45) is 5.11 Å². The first-order chi connectivity index (χ1) is 12.8. The monoisotopic (exact) mass is 405 g/mol. The van der Waals surface area contributed by atoms with Crippen molar-refractivity contribution in [1.82, 2.24) is 9.55 Å². The number of aliphatic hydroxyl groups is 2. The lowest BCUT2D eigenvalue weighted by Crippen LogP contribution is -2.49. The number of nitrogens with one attached hydrogen (secondary N) is 1. The van der Waals surface area contributed by atoms with Crippen LogP contribution in [-0.4, -0.2) is 63.1 Å². The number of rotatable bonds is 8. The first kappa shape index (κ1) is 21.4. The van der Waals surface area contributed by atoms with Crippen molar-refractivity contribution >= 4 is 11.6 Å². The standard InChI is InChI=1S/C14H20ClN5O7/c1-3-25-9(15)6-26-10-12(20-4-7(2)11(22)17-13(20)23)27-8(5-21)14(10,24)18-19-16/h4,8-10,12,21,24H,3,5-6H2,1-2H3,(H,17,22,23)/t8-,9?,10+,12-,14-/m1/s1. The van der Waals surface area contributed by atoms with E-state index in [-0.39, 0.29) is 12.2 Å². The predicted octanol–water partition coefficient (Wildman–Crippen LogP) is -0.280. The highest BCUT2D eigenvalue weighted by Crippen LogP contribution is 2.40. The molecule has 0 bridgehead atoms. The average Bonchev–Trinajstić information content (AvgIpc) is 2.88. The molecule has 1 aliphatic heterocycles. The van der Waals surface area contributed by atoms with E-state index in [0.29, 0.717) is 6.61 Å². The van der Waals surface area contributed by atoms with Gasteiger partial charge < -0.3 is 24.4 Å². The molecular formula is C14H20ClN5O7. The van der Waals surface area contributed by atoms with Gasteiger partial charge in [0.15, 0.2) is 11.8 Å². The molecule has 1 aliphatic rings.